The maximum atomic E-state index is 12.8. The Morgan fingerprint density at radius 3 is 2.73 bits per heavy atom. The van der Waals surface area contributed by atoms with Gasteiger partial charge in [0.15, 0.2) is 6.10 Å². The van der Waals surface area contributed by atoms with E-state index in [0.717, 1.165) is 21.1 Å². The summed E-state index contributed by atoms with van der Waals surface area (Å²) in [7, 11) is 0. The quantitative estimate of drug-likeness (QED) is 0.750. The molecule has 3 rings (SSSR count). The van der Waals surface area contributed by atoms with Crippen molar-refractivity contribution in [3.05, 3.63) is 28.1 Å². The molecule has 1 unspecified atom stereocenters. The van der Waals surface area contributed by atoms with E-state index in [4.69, 9.17) is 9.47 Å². The standard InChI is InChI=1S/C19H22N2O4S/c1-5-15-19(23)21(10-17(22)24-6-2)14-9-13(7-8-16(14)25-15)18-11(3)26-12(4)20-18/h7-9,15H,5-6,10H2,1-4H3. The Bertz CT molecular complexity index is 846. The molecular weight excluding hydrogens is 352 g/mol. The van der Waals surface area contributed by atoms with Crippen molar-refractivity contribution in [3.8, 4) is 17.0 Å². The first-order valence-corrected chi connectivity index (χ1v) is 9.48. The normalized spacial score (nSPS) is 16.2. The summed E-state index contributed by atoms with van der Waals surface area (Å²) in [4.78, 5) is 31.9. The topological polar surface area (TPSA) is 68.7 Å². The number of aryl methyl sites for hydroxylation is 2. The molecule has 0 spiro atoms. The number of hydrogen-bond acceptors (Lipinski definition) is 6. The second-order valence-electron chi connectivity index (χ2n) is 6.06. The van der Waals surface area contributed by atoms with E-state index in [1.165, 1.54) is 4.90 Å². The summed E-state index contributed by atoms with van der Waals surface area (Å²) in [5.41, 5.74) is 2.36. The molecule has 26 heavy (non-hydrogen) atoms. The Morgan fingerprint density at radius 2 is 2.12 bits per heavy atom. The molecule has 0 N–H and O–H groups in total. The third-order valence-corrected chi connectivity index (χ3v) is 5.09. The Balaban J connectivity index is 2.03. The van der Waals surface area contributed by atoms with Crippen LogP contribution in [0.2, 0.25) is 0 Å². The molecule has 0 fully saturated rings. The summed E-state index contributed by atoms with van der Waals surface area (Å²) in [5.74, 6) is -0.0693. The van der Waals surface area contributed by atoms with Crippen molar-refractivity contribution in [3.63, 3.8) is 0 Å². The highest BCUT2D eigenvalue weighted by Crippen LogP contribution is 2.39. The van der Waals surface area contributed by atoms with Crippen LogP contribution in [0, 0.1) is 13.8 Å². The second kappa shape index (κ2) is 7.45. The zero-order chi connectivity index (χ0) is 18.8. The van der Waals surface area contributed by atoms with Gasteiger partial charge in [0.1, 0.15) is 12.3 Å². The number of rotatable bonds is 5. The predicted molar refractivity (Wildman–Crippen MR) is 101 cm³/mol. The van der Waals surface area contributed by atoms with E-state index in [1.807, 2.05) is 39.0 Å². The summed E-state index contributed by atoms with van der Waals surface area (Å²) >= 11 is 1.63. The maximum Gasteiger partial charge on any atom is 0.326 e. The highest BCUT2D eigenvalue weighted by molar-refractivity contribution is 7.11. The van der Waals surface area contributed by atoms with Gasteiger partial charge in [-0.15, -0.1) is 11.3 Å². The van der Waals surface area contributed by atoms with Crippen LogP contribution >= 0.6 is 11.3 Å². The molecular formula is C19H22N2O4S. The molecule has 1 aliphatic heterocycles. The second-order valence-corrected chi connectivity index (χ2v) is 7.47. The van der Waals surface area contributed by atoms with Gasteiger partial charge in [-0.2, -0.15) is 0 Å². The smallest absolute Gasteiger partial charge is 0.326 e. The van der Waals surface area contributed by atoms with Crippen LogP contribution < -0.4 is 9.64 Å². The molecule has 0 bridgehead atoms. The summed E-state index contributed by atoms with van der Waals surface area (Å²) in [6, 6.07) is 5.64. The average Bonchev–Trinajstić information content (AvgIpc) is 2.95. The number of thiazole rings is 1. The third kappa shape index (κ3) is 3.44. The first-order chi connectivity index (χ1) is 12.4. The van der Waals surface area contributed by atoms with Crippen LogP contribution in [0.3, 0.4) is 0 Å². The van der Waals surface area contributed by atoms with Crippen LogP contribution in [-0.4, -0.2) is 36.1 Å². The fourth-order valence-electron chi connectivity index (χ4n) is 3.02. The Morgan fingerprint density at radius 1 is 1.35 bits per heavy atom. The van der Waals surface area contributed by atoms with Crippen LogP contribution in [-0.2, 0) is 14.3 Å². The molecule has 2 aromatic rings. The first-order valence-electron chi connectivity index (χ1n) is 8.66. The summed E-state index contributed by atoms with van der Waals surface area (Å²) in [6.07, 6.45) is -0.0602. The molecule has 1 aromatic heterocycles. The van der Waals surface area contributed by atoms with Crippen molar-refractivity contribution in [2.75, 3.05) is 18.1 Å². The van der Waals surface area contributed by atoms with E-state index in [1.54, 1.807) is 18.3 Å². The van der Waals surface area contributed by atoms with Gasteiger partial charge in [0.25, 0.3) is 5.91 Å². The van der Waals surface area contributed by atoms with Crippen LogP contribution in [0.5, 0.6) is 5.75 Å². The van der Waals surface area contributed by atoms with Crippen molar-refractivity contribution in [1.29, 1.82) is 0 Å². The highest BCUT2D eigenvalue weighted by atomic mass is 32.1. The third-order valence-electron chi connectivity index (χ3n) is 4.20. The van der Waals surface area contributed by atoms with Gasteiger partial charge in [0.2, 0.25) is 0 Å². The Hall–Kier alpha value is -2.41. The number of benzene rings is 1. The van der Waals surface area contributed by atoms with Crippen LogP contribution in [0.25, 0.3) is 11.3 Å². The zero-order valence-electron chi connectivity index (χ0n) is 15.4. The van der Waals surface area contributed by atoms with E-state index >= 15 is 0 Å². The largest absolute Gasteiger partial charge is 0.478 e. The van der Waals surface area contributed by atoms with Gasteiger partial charge in [0.05, 0.1) is 23.0 Å². The lowest BCUT2D eigenvalue weighted by Crippen LogP contribution is -2.48. The number of amides is 1. The number of anilines is 1. The molecule has 1 atom stereocenters. The van der Waals surface area contributed by atoms with Crippen molar-refractivity contribution in [2.24, 2.45) is 0 Å². The molecule has 7 heteroatoms. The fraction of sp³-hybridized carbons (Fsp3) is 0.421. The van der Waals surface area contributed by atoms with Crippen molar-refractivity contribution in [1.82, 2.24) is 4.98 Å². The summed E-state index contributed by atoms with van der Waals surface area (Å²) in [6.45, 7) is 7.76. The number of nitrogens with zero attached hydrogens (tertiary/aromatic N) is 2. The number of aromatic nitrogens is 1. The summed E-state index contributed by atoms with van der Waals surface area (Å²) in [5, 5.41) is 0.983. The minimum absolute atomic E-state index is 0.127. The minimum Gasteiger partial charge on any atom is -0.478 e. The van der Waals surface area contributed by atoms with Crippen molar-refractivity contribution in [2.45, 2.75) is 40.2 Å². The lowest BCUT2D eigenvalue weighted by Gasteiger charge is -2.33. The molecule has 2 heterocycles. The van der Waals surface area contributed by atoms with Crippen molar-refractivity contribution < 1.29 is 19.1 Å². The number of esters is 1. The Labute approximate surface area is 156 Å². The lowest BCUT2D eigenvalue weighted by molar-refractivity contribution is -0.143. The van der Waals surface area contributed by atoms with E-state index in [-0.39, 0.29) is 19.1 Å². The van der Waals surface area contributed by atoms with Gasteiger partial charge >= 0.3 is 5.97 Å². The van der Waals surface area contributed by atoms with E-state index in [2.05, 4.69) is 4.98 Å². The number of ether oxygens (including phenoxy) is 2. The van der Waals surface area contributed by atoms with Crippen molar-refractivity contribution >= 4 is 28.9 Å². The molecule has 138 valence electrons. The van der Waals surface area contributed by atoms with E-state index in [9.17, 15) is 9.59 Å². The lowest BCUT2D eigenvalue weighted by atomic mass is 10.1. The molecule has 0 aliphatic carbocycles. The number of carbonyl (C=O) groups is 2. The first kappa shape index (κ1) is 18.4. The SMILES string of the molecule is CCOC(=O)CN1C(=O)C(CC)Oc2ccc(-c3nc(C)sc3C)cc21. The molecule has 1 aromatic carbocycles. The zero-order valence-corrected chi connectivity index (χ0v) is 16.2. The van der Waals surface area contributed by atoms with Crippen LogP contribution in [0.15, 0.2) is 18.2 Å². The fourth-order valence-corrected chi connectivity index (χ4v) is 3.87. The molecule has 1 aliphatic rings. The van der Waals surface area contributed by atoms with Gasteiger partial charge in [-0.05, 0) is 45.4 Å². The van der Waals surface area contributed by atoms with Crippen LogP contribution in [0.4, 0.5) is 5.69 Å². The van der Waals surface area contributed by atoms with Gasteiger partial charge in [-0.1, -0.05) is 6.92 Å². The van der Waals surface area contributed by atoms with Crippen LogP contribution in [0.1, 0.15) is 30.2 Å². The van der Waals surface area contributed by atoms with Gasteiger partial charge < -0.3 is 9.47 Å². The predicted octanol–water partition coefficient (Wildman–Crippen LogP) is 3.49. The average molecular weight is 374 g/mol. The highest BCUT2D eigenvalue weighted by Gasteiger charge is 2.35. The number of carbonyl (C=O) groups excluding carboxylic acids is 2. The molecule has 1 amide bonds. The van der Waals surface area contributed by atoms with E-state index < -0.39 is 12.1 Å². The molecule has 0 saturated carbocycles. The van der Waals surface area contributed by atoms with Gasteiger partial charge in [0, 0.05) is 10.4 Å². The molecule has 0 saturated heterocycles. The van der Waals surface area contributed by atoms with Gasteiger partial charge in [-0.25, -0.2) is 4.98 Å². The minimum atomic E-state index is -0.592. The maximum absolute atomic E-state index is 12.8. The Kier molecular flexibility index (Phi) is 5.27. The monoisotopic (exact) mass is 374 g/mol. The summed E-state index contributed by atoms with van der Waals surface area (Å²) < 4.78 is 10.9. The number of fused-ring (bicyclic) bond motifs is 1. The van der Waals surface area contributed by atoms with Gasteiger partial charge in [-0.3, -0.25) is 14.5 Å². The number of hydrogen-bond donors (Lipinski definition) is 0. The van der Waals surface area contributed by atoms with E-state index in [0.29, 0.717) is 17.9 Å². The molecule has 6 nitrogen and oxygen atoms in total. The molecule has 0 radical (unpaired) electrons.